The number of benzene rings is 1. The molecule has 0 radical (unpaired) electrons. The van der Waals surface area contributed by atoms with Gasteiger partial charge in [0.15, 0.2) is 11.6 Å². The van der Waals surface area contributed by atoms with E-state index in [2.05, 4.69) is 0 Å². The number of esters is 1. The number of allylic oxidation sites excluding steroid dienone is 3. The molecule has 1 aromatic rings. The Labute approximate surface area is 163 Å². The zero-order chi connectivity index (χ0) is 20.8. The first-order valence-electron chi connectivity index (χ1n) is 9.12. The van der Waals surface area contributed by atoms with Gasteiger partial charge in [0.2, 0.25) is 0 Å². The van der Waals surface area contributed by atoms with E-state index in [1.165, 1.54) is 6.08 Å². The Kier molecular flexibility index (Phi) is 6.93. The van der Waals surface area contributed by atoms with Gasteiger partial charge in [-0.2, -0.15) is 0 Å². The normalized spacial score (nSPS) is 14.5. The van der Waals surface area contributed by atoms with Crippen LogP contribution in [0.3, 0.4) is 0 Å². The number of hydrogen-bond donors (Lipinski definition) is 2. The number of phenolic OH excluding ortho intramolecular Hbond substituents is 2. The van der Waals surface area contributed by atoms with Crippen LogP contribution in [0.15, 0.2) is 47.6 Å². The molecule has 1 aliphatic carbocycles. The summed E-state index contributed by atoms with van der Waals surface area (Å²) in [5.74, 6) is -2.69. The Hall–Kier alpha value is -3.15. The van der Waals surface area contributed by atoms with E-state index in [4.69, 9.17) is 4.74 Å². The lowest BCUT2D eigenvalue weighted by molar-refractivity contribution is -0.141. The van der Waals surface area contributed by atoms with Gasteiger partial charge in [-0.05, 0) is 38.5 Å². The third kappa shape index (κ3) is 4.76. The Morgan fingerprint density at radius 1 is 1.14 bits per heavy atom. The molecule has 0 amide bonds. The van der Waals surface area contributed by atoms with Crippen LogP contribution in [0.25, 0.3) is 0 Å². The molecule has 0 saturated heterocycles. The van der Waals surface area contributed by atoms with Crippen LogP contribution in [0.4, 0.5) is 0 Å². The molecule has 0 bridgehead atoms. The molecule has 1 atom stereocenters. The minimum absolute atomic E-state index is 0.0341. The van der Waals surface area contributed by atoms with Crippen molar-refractivity contribution in [3.05, 3.63) is 58.7 Å². The number of unbranched alkanes of at least 4 members (excludes halogenated alkanes) is 1. The maximum atomic E-state index is 12.9. The number of aromatic hydroxyl groups is 2. The molecular weight excluding hydrogens is 360 g/mol. The summed E-state index contributed by atoms with van der Waals surface area (Å²) < 4.78 is 5.44. The van der Waals surface area contributed by atoms with Crippen LogP contribution in [0.5, 0.6) is 11.5 Å². The summed E-state index contributed by atoms with van der Waals surface area (Å²) in [6, 6.07) is 2.30. The average molecular weight is 384 g/mol. The molecule has 0 heterocycles. The van der Waals surface area contributed by atoms with Crippen molar-refractivity contribution >= 4 is 17.5 Å². The van der Waals surface area contributed by atoms with Gasteiger partial charge >= 0.3 is 5.97 Å². The van der Waals surface area contributed by atoms with E-state index in [1.54, 1.807) is 12.2 Å². The van der Waals surface area contributed by atoms with Crippen LogP contribution in [-0.4, -0.2) is 33.9 Å². The van der Waals surface area contributed by atoms with Gasteiger partial charge in [0, 0.05) is 18.1 Å². The van der Waals surface area contributed by atoms with Gasteiger partial charge in [-0.3, -0.25) is 9.59 Å². The smallest absolute Gasteiger partial charge is 0.331 e. The highest BCUT2D eigenvalue weighted by Gasteiger charge is 2.35. The lowest BCUT2D eigenvalue weighted by Gasteiger charge is -2.23. The lowest BCUT2D eigenvalue weighted by atomic mass is 9.85. The van der Waals surface area contributed by atoms with E-state index in [0.717, 1.165) is 30.2 Å². The highest BCUT2D eigenvalue weighted by molar-refractivity contribution is 6.27. The molecule has 148 valence electrons. The number of carbonyl (C=O) groups is 3. The molecule has 0 spiro atoms. The van der Waals surface area contributed by atoms with Crippen molar-refractivity contribution < 1.29 is 29.3 Å². The second-order valence-electron chi connectivity index (χ2n) is 6.78. The van der Waals surface area contributed by atoms with Gasteiger partial charge in [-0.1, -0.05) is 31.1 Å². The summed E-state index contributed by atoms with van der Waals surface area (Å²) in [5.41, 5.74) is 0.401. The van der Waals surface area contributed by atoms with Crippen molar-refractivity contribution in [3.8, 4) is 11.5 Å². The van der Waals surface area contributed by atoms with E-state index < -0.39 is 29.4 Å². The number of hydrogen-bond acceptors (Lipinski definition) is 6. The quantitative estimate of drug-likeness (QED) is 0.319. The molecule has 0 fully saturated rings. The Morgan fingerprint density at radius 3 is 2.39 bits per heavy atom. The fourth-order valence-electron chi connectivity index (χ4n) is 2.83. The van der Waals surface area contributed by atoms with Crippen LogP contribution >= 0.6 is 0 Å². The molecule has 0 saturated carbocycles. The molecule has 2 N–H and O–H groups in total. The van der Waals surface area contributed by atoms with Crippen LogP contribution in [0, 0.1) is 0 Å². The molecule has 1 aliphatic rings. The first kappa shape index (κ1) is 21.2. The first-order chi connectivity index (χ1) is 13.3. The lowest BCUT2D eigenvalue weighted by Crippen LogP contribution is -2.28. The standard InChI is InChI=1S/C22H24O6/c1-4-5-6-7-19(26)28-18(11-8-13(2)3)14-12-17(25)20-15(23)9-10-16(24)21(20)22(14)27/h6-10,12,18,23-24H,4-5,11H2,1-3H3/b7-6+. The van der Waals surface area contributed by atoms with E-state index >= 15 is 0 Å². The number of ketones is 2. The van der Waals surface area contributed by atoms with Crippen molar-refractivity contribution in [1.29, 1.82) is 0 Å². The van der Waals surface area contributed by atoms with E-state index in [9.17, 15) is 24.6 Å². The molecule has 0 aliphatic heterocycles. The second-order valence-corrected chi connectivity index (χ2v) is 6.78. The second kappa shape index (κ2) is 9.17. The largest absolute Gasteiger partial charge is 0.507 e. The number of carbonyl (C=O) groups excluding carboxylic acids is 3. The molecule has 0 aromatic heterocycles. The highest BCUT2D eigenvalue weighted by atomic mass is 16.5. The number of ether oxygens (including phenoxy) is 1. The monoisotopic (exact) mass is 384 g/mol. The Bertz CT molecular complexity index is 885. The van der Waals surface area contributed by atoms with Crippen molar-refractivity contribution in [2.75, 3.05) is 0 Å². The average Bonchev–Trinajstić information content (AvgIpc) is 2.63. The van der Waals surface area contributed by atoms with Gasteiger partial charge in [0.05, 0.1) is 11.1 Å². The van der Waals surface area contributed by atoms with Crippen molar-refractivity contribution in [1.82, 2.24) is 0 Å². The van der Waals surface area contributed by atoms with Crippen molar-refractivity contribution in [2.45, 2.75) is 46.1 Å². The predicted octanol–water partition coefficient (Wildman–Crippen LogP) is 4.03. The molecule has 6 heteroatoms. The van der Waals surface area contributed by atoms with Gasteiger partial charge in [-0.25, -0.2) is 4.79 Å². The summed E-state index contributed by atoms with van der Waals surface area (Å²) in [4.78, 5) is 37.6. The Balaban J connectivity index is 2.41. The summed E-state index contributed by atoms with van der Waals surface area (Å²) in [6.07, 6.45) is 6.65. The summed E-state index contributed by atoms with van der Waals surface area (Å²) in [7, 11) is 0. The maximum absolute atomic E-state index is 12.9. The van der Waals surface area contributed by atoms with E-state index in [1.807, 2.05) is 20.8 Å². The van der Waals surface area contributed by atoms with Crippen LogP contribution in [-0.2, 0) is 9.53 Å². The summed E-state index contributed by atoms with van der Waals surface area (Å²) >= 11 is 0. The minimum Gasteiger partial charge on any atom is -0.507 e. The fraction of sp³-hybridized carbons (Fsp3) is 0.318. The molecule has 1 aromatic carbocycles. The third-order valence-corrected chi connectivity index (χ3v) is 4.24. The third-order valence-electron chi connectivity index (χ3n) is 4.24. The molecule has 2 rings (SSSR count). The number of Topliss-reactive ketones (excluding diaryl/α,β-unsaturated/α-hetero) is 1. The van der Waals surface area contributed by atoms with E-state index in [0.29, 0.717) is 6.42 Å². The summed E-state index contributed by atoms with van der Waals surface area (Å²) in [6.45, 7) is 5.70. The van der Waals surface area contributed by atoms with Gasteiger partial charge in [-0.15, -0.1) is 0 Å². The van der Waals surface area contributed by atoms with Crippen LogP contribution in [0.1, 0.15) is 60.7 Å². The van der Waals surface area contributed by atoms with E-state index in [-0.39, 0.29) is 28.9 Å². The molecular formula is C22H24O6. The van der Waals surface area contributed by atoms with Crippen LogP contribution in [0.2, 0.25) is 0 Å². The molecule has 28 heavy (non-hydrogen) atoms. The zero-order valence-electron chi connectivity index (χ0n) is 16.2. The van der Waals surface area contributed by atoms with Crippen LogP contribution < -0.4 is 0 Å². The summed E-state index contributed by atoms with van der Waals surface area (Å²) in [5, 5.41) is 20.0. The predicted molar refractivity (Wildman–Crippen MR) is 104 cm³/mol. The first-order valence-corrected chi connectivity index (χ1v) is 9.12. The Morgan fingerprint density at radius 2 is 1.79 bits per heavy atom. The fourth-order valence-corrected chi connectivity index (χ4v) is 2.83. The van der Waals surface area contributed by atoms with Gasteiger partial charge < -0.3 is 14.9 Å². The van der Waals surface area contributed by atoms with Gasteiger partial charge in [0.1, 0.15) is 17.6 Å². The number of fused-ring (bicyclic) bond motifs is 1. The number of rotatable bonds is 7. The maximum Gasteiger partial charge on any atom is 0.331 e. The zero-order valence-corrected chi connectivity index (χ0v) is 16.2. The molecule has 1 unspecified atom stereocenters. The highest BCUT2D eigenvalue weighted by Crippen LogP contribution is 2.36. The number of phenols is 2. The topological polar surface area (TPSA) is 101 Å². The van der Waals surface area contributed by atoms with Crippen molar-refractivity contribution in [2.24, 2.45) is 0 Å². The van der Waals surface area contributed by atoms with Gasteiger partial charge in [0.25, 0.3) is 0 Å². The SMILES string of the molecule is CCC/C=C/C(=O)OC(CC=C(C)C)C1=CC(=O)c2c(O)ccc(O)c2C1=O. The van der Waals surface area contributed by atoms with Crippen molar-refractivity contribution in [3.63, 3.8) is 0 Å². The molecule has 6 nitrogen and oxygen atoms in total. The minimum atomic E-state index is -0.986.